The van der Waals surface area contributed by atoms with Gasteiger partial charge in [0.25, 0.3) is 0 Å². The lowest BCUT2D eigenvalue weighted by Crippen LogP contribution is -2.22. The summed E-state index contributed by atoms with van der Waals surface area (Å²) >= 11 is 0. The summed E-state index contributed by atoms with van der Waals surface area (Å²) in [5.74, 6) is -4.20. The van der Waals surface area contributed by atoms with Crippen LogP contribution in [0.3, 0.4) is 0 Å². The van der Waals surface area contributed by atoms with E-state index in [9.17, 15) is 31.9 Å². The third-order valence-corrected chi connectivity index (χ3v) is 4.39. The van der Waals surface area contributed by atoms with Gasteiger partial charge in [-0.25, -0.2) is 18.6 Å². The third-order valence-electron chi connectivity index (χ3n) is 4.39. The number of rotatable bonds is 4. The number of carboxylic acid groups (broad SMARTS) is 1. The molecule has 1 aliphatic rings. The molecule has 0 radical (unpaired) electrons. The SMILES string of the molecule is O=C(O)c1c(C(F)(F)F)cc(-c2cc(F)cc(F)c2)nc1NC1CCCC1. The van der Waals surface area contributed by atoms with Gasteiger partial charge in [0.2, 0.25) is 0 Å². The number of nitrogens with zero attached hydrogens (tertiary/aromatic N) is 1. The van der Waals surface area contributed by atoms with Gasteiger partial charge in [-0.05, 0) is 31.0 Å². The summed E-state index contributed by atoms with van der Waals surface area (Å²) in [4.78, 5) is 15.5. The van der Waals surface area contributed by atoms with E-state index in [4.69, 9.17) is 0 Å². The summed E-state index contributed by atoms with van der Waals surface area (Å²) in [6.07, 6.45) is -1.92. The van der Waals surface area contributed by atoms with E-state index in [-0.39, 0.29) is 17.3 Å². The number of nitrogens with one attached hydrogen (secondary N) is 1. The number of carboxylic acids is 1. The molecule has 0 saturated heterocycles. The quantitative estimate of drug-likeness (QED) is 0.718. The van der Waals surface area contributed by atoms with Crippen LogP contribution in [-0.4, -0.2) is 22.1 Å². The zero-order chi connectivity index (χ0) is 19.8. The van der Waals surface area contributed by atoms with Gasteiger partial charge >= 0.3 is 12.1 Å². The van der Waals surface area contributed by atoms with Gasteiger partial charge in [-0.1, -0.05) is 12.8 Å². The predicted octanol–water partition coefficient (Wildman–Crippen LogP) is 5.10. The number of carbonyl (C=O) groups is 1. The molecule has 0 atom stereocenters. The highest BCUT2D eigenvalue weighted by molar-refractivity contribution is 5.96. The number of aromatic nitrogens is 1. The molecule has 1 aliphatic carbocycles. The lowest BCUT2D eigenvalue weighted by Gasteiger charge is -2.19. The van der Waals surface area contributed by atoms with Crippen LogP contribution in [0.1, 0.15) is 41.6 Å². The van der Waals surface area contributed by atoms with Gasteiger partial charge in [-0.15, -0.1) is 0 Å². The number of hydrogen-bond donors (Lipinski definition) is 2. The lowest BCUT2D eigenvalue weighted by atomic mass is 10.0. The average molecular weight is 386 g/mol. The maximum Gasteiger partial charge on any atom is 0.417 e. The molecule has 0 unspecified atom stereocenters. The Morgan fingerprint density at radius 1 is 1.07 bits per heavy atom. The standard InChI is InChI=1S/C18H15F5N2O2/c19-10-5-9(6-11(20)7-10)14-8-13(18(21,22)23)15(17(26)27)16(25-14)24-12-3-1-2-4-12/h5-8,12H,1-4H2,(H,24,25)(H,26,27). The minimum Gasteiger partial charge on any atom is -0.478 e. The Bertz CT molecular complexity index is 857. The number of pyridine rings is 1. The van der Waals surface area contributed by atoms with Crippen LogP contribution in [-0.2, 0) is 6.18 Å². The van der Waals surface area contributed by atoms with E-state index in [2.05, 4.69) is 10.3 Å². The normalized spacial score (nSPS) is 15.1. The highest BCUT2D eigenvalue weighted by Crippen LogP contribution is 2.38. The molecule has 0 amide bonds. The van der Waals surface area contributed by atoms with Crippen LogP contribution in [0.4, 0.5) is 27.8 Å². The maximum atomic E-state index is 13.5. The van der Waals surface area contributed by atoms with Crippen LogP contribution in [0, 0.1) is 11.6 Å². The largest absolute Gasteiger partial charge is 0.478 e. The second kappa shape index (κ2) is 7.13. The first-order valence-corrected chi connectivity index (χ1v) is 8.23. The van der Waals surface area contributed by atoms with E-state index in [1.165, 1.54) is 0 Å². The molecule has 0 bridgehead atoms. The number of alkyl halides is 3. The van der Waals surface area contributed by atoms with Gasteiger partial charge < -0.3 is 10.4 Å². The molecular weight excluding hydrogens is 371 g/mol. The second-order valence-electron chi connectivity index (χ2n) is 6.37. The second-order valence-corrected chi connectivity index (χ2v) is 6.37. The molecule has 2 N–H and O–H groups in total. The minimum absolute atomic E-state index is 0.212. The summed E-state index contributed by atoms with van der Waals surface area (Å²) < 4.78 is 67.4. The Balaban J connectivity index is 2.20. The zero-order valence-corrected chi connectivity index (χ0v) is 13.9. The summed E-state index contributed by atoms with van der Waals surface area (Å²) in [5.41, 5.74) is -3.02. The van der Waals surface area contributed by atoms with E-state index in [0.29, 0.717) is 25.0 Å². The molecule has 3 rings (SSSR count). The van der Waals surface area contributed by atoms with Gasteiger partial charge in [0, 0.05) is 17.7 Å². The lowest BCUT2D eigenvalue weighted by molar-refractivity contribution is -0.138. The van der Waals surface area contributed by atoms with Crippen LogP contribution in [0.15, 0.2) is 24.3 Å². The summed E-state index contributed by atoms with van der Waals surface area (Å²) in [6.45, 7) is 0. The van der Waals surface area contributed by atoms with Crippen molar-refractivity contribution in [1.82, 2.24) is 4.98 Å². The molecule has 0 spiro atoms. The topological polar surface area (TPSA) is 62.2 Å². The first-order valence-electron chi connectivity index (χ1n) is 8.23. The van der Waals surface area contributed by atoms with Gasteiger partial charge in [0.05, 0.1) is 11.3 Å². The Labute approximate surface area is 151 Å². The van der Waals surface area contributed by atoms with Crippen molar-refractivity contribution in [1.29, 1.82) is 0 Å². The number of hydrogen-bond acceptors (Lipinski definition) is 3. The van der Waals surface area contributed by atoms with Gasteiger partial charge in [0.1, 0.15) is 23.0 Å². The zero-order valence-electron chi connectivity index (χ0n) is 13.9. The summed E-state index contributed by atoms with van der Waals surface area (Å²) in [6, 6.07) is 2.54. The average Bonchev–Trinajstić information content (AvgIpc) is 3.05. The van der Waals surface area contributed by atoms with E-state index in [1.807, 2.05) is 0 Å². The van der Waals surface area contributed by atoms with Crippen LogP contribution < -0.4 is 5.32 Å². The van der Waals surface area contributed by atoms with Crippen LogP contribution in [0.25, 0.3) is 11.3 Å². The third kappa shape index (κ3) is 4.17. The van der Waals surface area contributed by atoms with Gasteiger partial charge in [0.15, 0.2) is 0 Å². The van der Waals surface area contributed by atoms with Crippen LogP contribution in [0.2, 0.25) is 0 Å². The molecule has 0 aliphatic heterocycles. The molecule has 1 aromatic heterocycles. The van der Waals surface area contributed by atoms with Gasteiger partial charge in [-0.2, -0.15) is 13.2 Å². The fourth-order valence-corrected chi connectivity index (χ4v) is 3.20. The molecule has 144 valence electrons. The highest BCUT2D eigenvalue weighted by Gasteiger charge is 2.38. The van der Waals surface area contributed by atoms with Crippen molar-refractivity contribution in [2.45, 2.75) is 37.9 Å². The van der Waals surface area contributed by atoms with Crippen molar-refractivity contribution in [2.75, 3.05) is 5.32 Å². The van der Waals surface area contributed by atoms with E-state index >= 15 is 0 Å². The number of halogens is 5. The Hall–Kier alpha value is -2.71. The number of aromatic carboxylic acids is 1. The Morgan fingerprint density at radius 2 is 1.67 bits per heavy atom. The molecular formula is C18H15F5N2O2. The highest BCUT2D eigenvalue weighted by atomic mass is 19.4. The first kappa shape index (κ1) is 19.1. The predicted molar refractivity (Wildman–Crippen MR) is 87.4 cm³/mol. The van der Waals surface area contributed by atoms with Crippen molar-refractivity contribution in [2.24, 2.45) is 0 Å². The summed E-state index contributed by atoms with van der Waals surface area (Å²) in [7, 11) is 0. The van der Waals surface area contributed by atoms with Gasteiger partial charge in [-0.3, -0.25) is 0 Å². The van der Waals surface area contributed by atoms with Crippen molar-refractivity contribution >= 4 is 11.8 Å². The maximum absolute atomic E-state index is 13.5. The van der Waals surface area contributed by atoms with Crippen molar-refractivity contribution < 1.29 is 31.9 Å². The minimum atomic E-state index is -4.98. The Kier molecular flexibility index (Phi) is 5.03. The summed E-state index contributed by atoms with van der Waals surface area (Å²) in [5, 5.41) is 12.1. The molecule has 4 nitrogen and oxygen atoms in total. The molecule has 1 saturated carbocycles. The molecule has 1 heterocycles. The van der Waals surface area contributed by atoms with E-state index < -0.39 is 40.7 Å². The molecule has 27 heavy (non-hydrogen) atoms. The van der Waals surface area contributed by atoms with Crippen molar-refractivity contribution in [3.8, 4) is 11.3 Å². The van der Waals surface area contributed by atoms with Crippen molar-refractivity contribution in [3.63, 3.8) is 0 Å². The molecule has 1 fully saturated rings. The van der Waals surface area contributed by atoms with Crippen LogP contribution in [0.5, 0.6) is 0 Å². The smallest absolute Gasteiger partial charge is 0.417 e. The fourth-order valence-electron chi connectivity index (χ4n) is 3.20. The molecule has 1 aromatic carbocycles. The van der Waals surface area contributed by atoms with Crippen LogP contribution >= 0.6 is 0 Å². The van der Waals surface area contributed by atoms with Crippen molar-refractivity contribution in [3.05, 3.63) is 47.0 Å². The number of benzene rings is 1. The monoisotopic (exact) mass is 386 g/mol. The first-order chi connectivity index (χ1) is 12.6. The van der Waals surface area contributed by atoms with E-state index in [0.717, 1.165) is 25.0 Å². The molecule has 9 heteroatoms. The van der Waals surface area contributed by atoms with E-state index in [1.54, 1.807) is 0 Å². The Morgan fingerprint density at radius 3 is 2.19 bits per heavy atom. The fraction of sp³-hybridized carbons (Fsp3) is 0.333. The number of anilines is 1. The molecule has 2 aromatic rings.